The van der Waals surface area contributed by atoms with Gasteiger partial charge >= 0.3 is 5.97 Å². The van der Waals surface area contributed by atoms with Gasteiger partial charge in [0.05, 0.1) is 12.3 Å². The average molecular weight is 416 g/mol. The van der Waals surface area contributed by atoms with Gasteiger partial charge in [0.15, 0.2) is 11.3 Å². The number of carboxylic acid groups (broad SMARTS) is 1. The van der Waals surface area contributed by atoms with E-state index >= 15 is 0 Å². The third-order valence-electron chi connectivity index (χ3n) is 5.33. The molecule has 10 heteroatoms. The van der Waals surface area contributed by atoms with E-state index in [0.29, 0.717) is 24.7 Å². The van der Waals surface area contributed by atoms with Crippen molar-refractivity contribution in [2.24, 2.45) is 28.1 Å². The first-order valence-corrected chi connectivity index (χ1v) is 9.41. The van der Waals surface area contributed by atoms with Crippen molar-refractivity contribution in [2.45, 2.75) is 55.6 Å². The summed E-state index contributed by atoms with van der Waals surface area (Å²) in [5.74, 6) is 2.68. The Morgan fingerprint density at radius 3 is 2.27 bits per heavy atom. The number of nitriles is 1. The van der Waals surface area contributed by atoms with Gasteiger partial charge in [0, 0.05) is 12.8 Å². The largest absolute Gasteiger partial charge is 0.480 e. The SMILES string of the molecule is CCCCC(N)(C(=O)O)C(N)(C(=O)CCC=O)C(N)(C#N)c1ccc(C=NN)cc1. The lowest BCUT2D eigenvalue weighted by molar-refractivity contribution is -0.152. The number of carbonyl (C=O) groups is 3. The van der Waals surface area contributed by atoms with Crippen LogP contribution < -0.4 is 23.0 Å². The average Bonchev–Trinajstić information content (AvgIpc) is 2.74. The molecule has 0 aliphatic rings. The van der Waals surface area contributed by atoms with Crippen LogP contribution in [-0.2, 0) is 19.9 Å². The Bertz CT molecular complexity index is 850. The molecule has 0 bridgehead atoms. The van der Waals surface area contributed by atoms with E-state index in [0.717, 1.165) is 0 Å². The molecule has 0 heterocycles. The second-order valence-electron chi connectivity index (χ2n) is 7.14. The summed E-state index contributed by atoms with van der Waals surface area (Å²) in [6.07, 6.45) is 1.93. The number of nitrogens with two attached hydrogens (primary N) is 4. The molecular formula is C20H28N6O4. The summed E-state index contributed by atoms with van der Waals surface area (Å²) in [6.45, 7) is 1.81. The fraction of sp³-hybridized carbons (Fsp3) is 0.450. The molecule has 3 unspecified atom stereocenters. The number of hydrogen-bond acceptors (Lipinski definition) is 9. The number of hydrogen-bond donors (Lipinski definition) is 5. The fourth-order valence-corrected chi connectivity index (χ4v) is 3.43. The Balaban J connectivity index is 3.79. The molecule has 0 amide bonds. The minimum atomic E-state index is -2.53. The van der Waals surface area contributed by atoms with Gasteiger partial charge < -0.3 is 32.9 Å². The maximum Gasteiger partial charge on any atom is 0.326 e. The van der Waals surface area contributed by atoms with Gasteiger partial charge in [-0.1, -0.05) is 44.0 Å². The van der Waals surface area contributed by atoms with E-state index in [9.17, 15) is 24.8 Å². The molecule has 0 radical (unpaired) electrons. The number of carboxylic acids is 1. The molecule has 1 aromatic rings. The molecule has 3 atom stereocenters. The highest BCUT2D eigenvalue weighted by Crippen LogP contribution is 2.40. The highest BCUT2D eigenvalue weighted by Gasteiger charge is 2.66. The number of Topliss-reactive ketones (excluding diaryl/α,β-unsaturated/α-hetero) is 1. The molecule has 0 spiro atoms. The molecule has 10 nitrogen and oxygen atoms in total. The van der Waals surface area contributed by atoms with Gasteiger partial charge in [0.1, 0.15) is 17.4 Å². The Morgan fingerprint density at radius 2 is 1.83 bits per heavy atom. The number of benzene rings is 1. The van der Waals surface area contributed by atoms with E-state index in [-0.39, 0.29) is 18.4 Å². The first kappa shape index (κ1) is 24.9. The number of aldehydes is 1. The number of carbonyl (C=O) groups excluding carboxylic acids is 2. The zero-order valence-corrected chi connectivity index (χ0v) is 16.9. The van der Waals surface area contributed by atoms with Crippen LogP contribution in [0.5, 0.6) is 0 Å². The van der Waals surface area contributed by atoms with Gasteiger partial charge in [-0.15, -0.1) is 0 Å². The Morgan fingerprint density at radius 1 is 1.23 bits per heavy atom. The van der Waals surface area contributed by atoms with E-state index in [1.165, 1.54) is 30.5 Å². The van der Waals surface area contributed by atoms with Gasteiger partial charge in [-0.25, -0.2) is 0 Å². The minimum absolute atomic E-state index is 0.0914. The lowest BCUT2D eigenvalue weighted by atomic mass is 9.59. The highest BCUT2D eigenvalue weighted by atomic mass is 16.4. The van der Waals surface area contributed by atoms with Gasteiger partial charge in [0.2, 0.25) is 0 Å². The fourth-order valence-electron chi connectivity index (χ4n) is 3.43. The lowest BCUT2D eigenvalue weighted by Crippen LogP contribution is -2.83. The molecule has 0 saturated carbocycles. The number of rotatable bonds is 12. The van der Waals surface area contributed by atoms with Crippen LogP contribution in [0.25, 0.3) is 0 Å². The van der Waals surface area contributed by atoms with Crippen molar-refractivity contribution >= 4 is 24.3 Å². The zero-order valence-electron chi connectivity index (χ0n) is 16.9. The molecule has 0 aliphatic carbocycles. The maximum absolute atomic E-state index is 13.2. The predicted octanol–water partition coefficient (Wildman–Crippen LogP) is -0.125. The van der Waals surface area contributed by atoms with Crippen molar-refractivity contribution in [1.29, 1.82) is 5.26 Å². The molecule has 9 N–H and O–H groups in total. The summed E-state index contributed by atoms with van der Waals surface area (Å²) in [5, 5.41) is 23.4. The molecule has 0 fully saturated rings. The van der Waals surface area contributed by atoms with E-state index < -0.39 is 34.8 Å². The molecule has 1 rings (SSSR count). The number of ketones is 1. The number of hydrazone groups is 1. The highest BCUT2D eigenvalue weighted by molar-refractivity contribution is 6.00. The Hall–Kier alpha value is -3.13. The van der Waals surface area contributed by atoms with Gasteiger partial charge in [-0.05, 0) is 17.5 Å². The Kier molecular flexibility index (Phi) is 8.36. The topological polar surface area (TPSA) is 212 Å². The monoisotopic (exact) mass is 416 g/mol. The van der Waals surface area contributed by atoms with E-state index in [2.05, 4.69) is 5.10 Å². The summed E-state index contributed by atoms with van der Waals surface area (Å²) in [4.78, 5) is 36.3. The summed E-state index contributed by atoms with van der Waals surface area (Å²) in [5.41, 5.74) is 12.6. The van der Waals surface area contributed by atoms with Crippen molar-refractivity contribution in [3.05, 3.63) is 35.4 Å². The minimum Gasteiger partial charge on any atom is -0.480 e. The van der Waals surface area contributed by atoms with Crippen LogP contribution in [-0.4, -0.2) is 40.4 Å². The van der Waals surface area contributed by atoms with Crippen molar-refractivity contribution < 1.29 is 19.5 Å². The molecular weight excluding hydrogens is 388 g/mol. The standard InChI is InChI=1S/C20H28N6O4/c1-2-3-10-18(22,17(29)30)20(24,16(28)5-4-11-27)19(23,13-21)15-8-6-14(7-9-15)12-26-25/h6-9,11-12H,2-5,10,22-25H2,1H3,(H,29,30). The summed E-state index contributed by atoms with van der Waals surface area (Å²) >= 11 is 0. The van der Waals surface area contributed by atoms with Crippen LogP contribution in [0.2, 0.25) is 0 Å². The predicted molar refractivity (Wildman–Crippen MR) is 111 cm³/mol. The first-order chi connectivity index (χ1) is 14.1. The quantitative estimate of drug-likeness (QED) is 0.133. The molecule has 0 saturated heterocycles. The van der Waals surface area contributed by atoms with Crippen molar-refractivity contribution in [3.8, 4) is 6.07 Å². The Labute approximate surface area is 174 Å². The van der Waals surface area contributed by atoms with Crippen molar-refractivity contribution in [3.63, 3.8) is 0 Å². The van der Waals surface area contributed by atoms with Crippen LogP contribution in [0, 0.1) is 11.3 Å². The molecule has 162 valence electrons. The third kappa shape index (κ3) is 4.23. The molecule has 0 aliphatic heterocycles. The van der Waals surface area contributed by atoms with E-state index in [4.69, 9.17) is 23.0 Å². The van der Waals surface area contributed by atoms with Crippen LogP contribution in [0.1, 0.15) is 50.2 Å². The van der Waals surface area contributed by atoms with Crippen LogP contribution in [0.3, 0.4) is 0 Å². The van der Waals surface area contributed by atoms with Crippen LogP contribution in [0.15, 0.2) is 29.4 Å². The van der Waals surface area contributed by atoms with Gasteiger partial charge in [0.25, 0.3) is 0 Å². The smallest absolute Gasteiger partial charge is 0.326 e. The number of unbranched alkanes of at least 4 members (excludes halogenated alkanes) is 1. The molecule has 30 heavy (non-hydrogen) atoms. The second kappa shape index (κ2) is 10.1. The number of aliphatic carboxylic acids is 1. The lowest BCUT2D eigenvalue weighted by Gasteiger charge is -2.49. The summed E-state index contributed by atoms with van der Waals surface area (Å²) in [6, 6.07) is 7.75. The van der Waals surface area contributed by atoms with E-state index in [1.54, 1.807) is 0 Å². The van der Waals surface area contributed by atoms with Gasteiger partial charge in [-0.3, -0.25) is 9.59 Å². The van der Waals surface area contributed by atoms with Crippen molar-refractivity contribution in [2.75, 3.05) is 0 Å². The van der Waals surface area contributed by atoms with Gasteiger partial charge in [-0.2, -0.15) is 10.4 Å². The van der Waals surface area contributed by atoms with E-state index in [1.807, 2.05) is 13.0 Å². The second-order valence-corrected chi connectivity index (χ2v) is 7.14. The molecule has 0 aromatic heterocycles. The summed E-state index contributed by atoms with van der Waals surface area (Å²) in [7, 11) is 0. The van der Waals surface area contributed by atoms with Crippen LogP contribution >= 0.6 is 0 Å². The maximum atomic E-state index is 13.2. The third-order valence-corrected chi connectivity index (χ3v) is 5.33. The summed E-state index contributed by atoms with van der Waals surface area (Å²) < 4.78 is 0. The number of nitrogens with zero attached hydrogens (tertiary/aromatic N) is 2. The first-order valence-electron chi connectivity index (χ1n) is 9.41. The zero-order chi connectivity index (χ0) is 23.0. The van der Waals surface area contributed by atoms with Crippen LogP contribution in [0.4, 0.5) is 0 Å². The normalized spacial score (nSPS) is 17.3. The molecule has 1 aromatic carbocycles. The van der Waals surface area contributed by atoms with Crippen molar-refractivity contribution in [1.82, 2.24) is 0 Å².